The summed E-state index contributed by atoms with van der Waals surface area (Å²) in [7, 11) is 0. The van der Waals surface area contributed by atoms with E-state index in [2.05, 4.69) is 50.0 Å². The van der Waals surface area contributed by atoms with Gasteiger partial charge in [0.05, 0.1) is 6.92 Å². The molecule has 0 N–H and O–H groups in total. The normalized spacial score (nSPS) is 13.0. The van der Waals surface area contributed by atoms with Gasteiger partial charge in [-0.15, -0.1) is 4.89 Å². The van der Waals surface area contributed by atoms with Crippen molar-refractivity contribution in [3.8, 4) is 0 Å². The fraction of sp³-hybridized carbons (Fsp3) is 0.500. The fourth-order valence-electron chi connectivity index (χ4n) is 0.386. The topological polar surface area (TPSA) is 211 Å². The Kier molecular flexibility index (Phi) is 18.9. The second-order valence-electron chi connectivity index (χ2n) is 3.14. The summed E-state index contributed by atoms with van der Waals surface area (Å²) in [6.07, 6.45) is 0. The van der Waals surface area contributed by atoms with Crippen LogP contribution in [0.3, 0.4) is 0 Å². The average molecular weight is 700 g/mol. The molecule has 152 valence electrons. The second-order valence-corrected chi connectivity index (χ2v) is 6.98. The number of halogens is 1. The van der Waals surface area contributed by atoms with Crippen molar-refractivity contribution in [2.75, 3.05) is 0 Å². The van der Waals surface area contributed by atoms with Crippen LogP contribution in [0.1, 0.15) is 27.7 Å². The van der Waals surface area contributed by atoms with Crippen molar-refractivity contribution < 1.29 is 71.0 Å². The molecule has 0 heterocycles. The van der Waals surface area contributed by atoms with Crippen LogP contribution in [0.25, 0.3) is 0 Å². The van der Waals surface area contributed by atoms with Crippen LogP contribution < -0.4 is 21.0 Å². The van der Waals surface area contributed by atoms with E-state index in [0.29, 0.717) is 0 Å². The van der Waals surface area contributed by atoms with Crippen molar-refractivity contribution in [3.63, 3.8) is 0 Å². The molecule has 0 aromatic carbocycles. The number of hydrogen-bond acceptors (Lipinski definition) is 12. The van der Waals surface area contributed by atoms with E-state index in [0.717, 1.165) is 20.8 Å². The van der Waals surface area contributed by atoms with Crippen LogP contribution in [-0.2, 0) is 50.0 Å². The van der Waals surface area contributed by atoms with Gasteiger partial charge in [-0.1, -0.05) is 0 Å². The molecule has 0 radical (unpaired) electrons. The molecule has 18 heteroatoms. The van der Waals surface area contributed by atoms with Gasteiger partial charge in [0.2, 0.25) is 23.0 Å². The molecule has 0 saturated heterocycles. The predicted molar refractivity (Wildman–Crippen MR) is 71.2 cm³/mol. The first-order valence-corrected chi connectivity index (χ1v) is 10.8. The molecule has 0 amide bonds. The van der Waals surface area contributed by atoms with E-state index in [1.165, 1.54) is 29.9 Å². The first kappa shape index (κ1) is 26.8. The van der Waals surface area contributed by atoms with Crippen LogP contribution in [0.2, 0.25) is 0 Å². The van der Waals surface area contributed by atoms with Crippen LogP contribution in [0.4, 0.5) is 0 Å². The molecule has 0 rings (SSSR count). The predicted octanol–water partition coefficient (Wildman–Crippen LogP) is -4.47. The standard InChI is InChI=1S/C2H3IO4.3C2H4O4.Bi/c1-2(5-4)6-7-3;3*1-2(5-3)6-4;/h1H3;3*3H,1H3;/q;;;;+3/p-3. The van der Waals surface area contributed by atoms with E-state index in [9.17, 15) is 21.0 Å². The monoisotopic (exact) mass is 700 g/mol. The van der Waals surface area contributed by atoms with Crippen molar-refractivity contribution >= 4 is 70.0 Å². The Labute approximate surface area is 168 Å². The van der Waals surface area contributed by atoms with Crippen molar-refractivity contribution in [1.82, 2.24) is 0 Å². The molecule has 0 fully saturated rings. The Bertz CT molecular complexity index is 425. The minimum atomic E-state index is -4.00. The van der Waals surface area contributed by atoms with Crippen molar-refractivity contribution in [3.05, 3.63) is 0 Å². The van der Waals surface area contributed by atoms with Gasteiger partial charge in [-0.25, -0.2) is 0 Å². The third-order valence-corrected chi connectivity index (χ3v) is 3.73. The van der Waals surface area contributed by atoms with Crippen molar-refractivity contribution in [2.24, 2.45) is 0 Å². The quantitative estimate of drug-likeness (QED) is 0.0810. The second kappa shape index (κ2) is 18.3. The van der Waals surface area contributed by atoms with E-state index < -0.39 is 41.0 Å². The summed E-state index contributed by atoms with van der Waals surface area (Å²) >= 11 is -2.54. The van der Waals surface area contributed by atoms with Crippen LogP contribution in [-0.4, -0.2) is 46.9 Å². The molecule has 0 aromatic heterocycles. The average Bonchev–Trinajstić information content (AvgIpc) is 2.66. The van der Waals surface area contributed by atoms with E-state index in [-0.39, 0.29) is 5.97 Å². The van der Waals surface area contributed by atoms with Gasteiger partial charge in [-0.3, -0.25) is 4.58 Å². The Balaban J connectivity index is 0. The van der Waals surface area contributed by atoms with Gasteiger partial charge < -0.3 is 5.26 Å². The molecule has 0 aliphatic carbocycles. The summed E-state index contributed by atoms with van der Waals surface area (Å²) < 4.78 is 31.0. The van der Waals surface area contributed by atoms with Crippen molar-refractivity contribution in [2.45, 2.75) is 27.7 Å². The van der Waals surface area contributed by atoms with E-state index in [1.807, 2.05) is 0 Å². The van der Waals surface area contributed by atoms with Gasteiger partial charge >= 0.3 is 121 Å². The molecule has 0 spiro atoms. The summed E-state index contributed by atoms with van der Waals surface area (Å²) in [5, 5.41) is 38.9. The number of carbonyl (C=O) groups excluding carboxylic acids is 4. The summed E-state index contributed by atoms with van der Waals surface area (Å²) in [5.74, 6) is -1.68. The van der Waals surface area contributed by atoms with Gasteiger partial charge in [0.25, 0.3) is 0 Å². The van der Waals surface area contributed by atoms with Gasteiger partial charge in [-0.05, 0) is 3.22 Å². The molecular weight excluding hydrogens is 688 g/mol. The van der Waals surface area contributed by atoms with E-state index >= 15 is 0 Å². The van der Waals surface area contributed by atoms with Crippen LogP contribution in [0, 0.1) is 0 Å². The zero-order chi connectivity index (χ0) is 20.4. The summed E-state index contributed by atoms with van der Waals surface area (Å²) in [5.41, 5.74) is 0. The zero-order valence-electron chi connectivity index (χ0n) is 13.4. The number of rotatable bonds is 7. The van der Waals surface area contributed by atoms with Crippen LogP contribution in [0.5, 0.6) is 0 Å². The molecular formula is C8H12BiIO16. The van der Waals surface area contributed by atoms with E-state index in [4.69, 9.17) is 0 Å². The van der Waals surface area contributed by atoms with Crippen molar-refractivity contribution in [1.29, 1.82) is 0 Å². The van der Waals surface area contributed by atoms with Crippen LogP contribution in [0.15, 0.2) is 0 Å². The van der Waals surface area contributed by atoms with Gasteiger partial charge in [0.15, 0.2) is 0 Å². The fourth-order valence-corrected chi connectivity index (χ4v) is 2.86. The Morgan fingerprint density at radius 2 is 0.885 bits per heavy atom. The molecule has 16 nitrogen and oxygen atoms in total. The molecule has 0 unspecified atom stereocenters. The molecule has 0 aromatic rings. The Morgan fingerprint density at radius 3 is 1.08 bits per heavy atom. The molecule has 0 aliphatic rings. The van der Waals surface area contributed by atoms with E-state index in [1.54, 1.807) is 0 Å². The minimum absolute atomic E-state index is 0.158. The first-order chi connectivity index (χ1) is 12.3. The zero-order valence-corrected chi connectivity index (χ0v) is 19.0. The van der Waals surface area contributed by atoms with Crippen LogP contribution >= 0.6 is 23.0 Å². The third kappa shape index (κ3) is 17.4. The molecule has 0 bridgehead atoms. The SMILES string of the molecule is CC(OOI)=[O+][O-].CC(O[O][Bi]([O]OC(C)=[O+][O-])[O]OC(C)=[O+][O-])=[O+][O-]. The third-order valence-electron chi connectivity index (χ3n) is 1.26. The molecule has 0 saturated carbocycles. The molecule has 26 heavy (non-hydrogen) atoms. The summed E-state index contributed by atoms with van der Waals surface area (Å²) in [6.45, 7) is 4.73. The molecule has 0 atom stereocenters. The maximum absolute atomic E-state index is 9.87. The van der Waals surface area contributed by atoms with Gasteiger partial charge in [0.1, 0.15) is 0 Å². The first-order valence-electron chi connectivity index (χ1n) is 5.67. The Hall–Kier alpha value is -1.47. The van der Waals surface area contributed by atoms with Gasteiger partial charge in [0, 0.05) is 0 Å². The Morgan fingerprint density at radius 1 is 0.615 bits per heavy atom. The summed E-state index contributed by atoms with van der Waals surface area (Å²) in [6, 6.07) is 0. The maximum atomic E-state index is 9.87. The molecule has 0 aliphatic heterocycles. The number of hydrogen-bond donors (Lipinski definition) is 0. The van der Waals surface area contributed by atoms with Gasteiger partial charge in [-0.2, -0.15) is 0 Å². The summed E-state index contributed by atoms with van der Waals surface area (Å²) in [4.78, 5) is 16.9.